The maximum absolute atomic E-state index is 9.19. The van der Waals surface area contributed by atoms with Crippen LogP contribution < -0.4 is 9.47 Å². The summed E-state index contributed by atoms with van der Waals surface area (Å²) in [5, 5.41) is 9.78. The van der Waals surface area contributed by atoms with Crippen LogP contribution in [0.4, 0.5) is 0 Å². The van der Waals surface area contributed by atoms with Crippen molar-refractivity contribution < 1.29 is 14.6 Å². The number of β-amino-alcohol motifs (C(OH)–C–C–N with tert-alkyl or cyclic N) is 1. The minimum atomic E-state index is -0.176. The molecule has 1 saturated heterocycles. The third-order valence-corrected chi connectivity index (χ3v) is 3.11. The normalized spacial score (nSPS) is 19.9. The number of likely N-dealkylation sites (tertiary alicyclic amines) is 1. The third kappa shape index (κ3) is 1.73. The maximum atomic E-state index is 9.19. The molecule has 0 bridgehead atoms. The number of aliphatic hydroxyl groups excluding tert-OH is 1. The van der Waals surface area contributed by atoms with Crippen LogP contribution in [0, 0.1) is 0 Å². The number of benzene rings is 1. The van der Waals surface area contributed by atoms with Crippen molar-refractivity contribution in [3.8, 4) is 11.5 Å². The monoisotopic (exact) mass is 241 g/mol. The topological polar surface area (TPSA) is 41.9 Å². The second-order valence-electron chi connectivity index (χ2n) is 4.16. The highest BCUT2D eigenvalue weighted by molar-refractivity contribution is 6.32. The molecule has 0 atom stereocenters. The molecule has 86 valence electrons. The predicted octanol–water partition coefficient (Wildman–Crippen LogP) is 1.25. The molecule has 0 radical (unpaired) electrons. The molecule has 1 fully saturated rings. The van der Waals surface area contributed by atoms with Gasteiger partial charge in [0.1, 0.15) is 0 Å². The van der Waals surface area contributed by atoms with Crippen LogP contribution in [0.1, 0.15) is 5.56 Å². The minimum absolute atomic E-state index is 0.176. The van der Waals surface area contributed by atoms with E-state index < -0.39 is 0 Å². The molecule has 2 aliphatic heterocycles. The summed E-state index contributed by atoms with van der Waals surface area (Å²) in [7, 11) is 0. The van der Waals surface area contributed by atoms with Crippen molar-refractivity contribution in [1.29, 1.82) is 0 Å². The standard InChI is InChI=1S/C11H12ClNO3/c12-9-1-7(3-13-4-8(14)5-13)2-10-11(9)16-6-15-10/h1-2,8,14H,3-6H2. The summed E-state index contributed by atoms with van der Waals surface area (Å²) in [6.07, 6.45) is -0.176. The Bertz CT molecular complexity index is 418. The first kappa shape index (κ1) is 10.2. The Labute approximate surface area is 98.3 Å². The van der Waals surface area contributed by atoms with Crippen molar-refractivity contribution in [3.05, 3.63) is 22.7 Å². The van der Waals surface area contributed by atoms with Gasteiger partial charge in [0, 0.05) is 19.6 Å². The molecule has 1 N–H and O–H groups in total. The second kappa shape index (κ2) is 3.80. The van der Waals surface area contributed by atoms with E-state index in [0.717, 1.165) is 25.2 Å². The third-order valence-electron chi connectivity index (χ3n) is 2.83. The molecule has 4 nitrogen and oxygen atoms in total. The molecule has 16 heavy (non-hydrogen) atoms. The second-order valence-corrected chi connectivity index (χ2v) is 4.57. The van der Waals surface area contributed by atoms with Crippen molar-refractivity contribution in [2.24, 2.45) is 0 Å². The molecule has 5 heteroatoms. The number of hydrogen-bond acceptors (Lipinski definition) is 4. The summed E-state index contributed by atoms with van der Waals surface area (Å²) in [6.45, 7) is 2.48. The molecular weight excluding hydrogens is 230 g/mol. The van der Waals surface area contributed by atoms with E-state index in [1.807, 2.05) is 12.1 Å². The number of halogens is 1. The van der Waals surface area contributed by atoms with Crippen molar-refractivity contribution in [3.63, 3.8) is 0 Å². The van der Waals surface area contributed by atoms with E-state index in [1.165, 1.54) is 0 Å². The van der Waals surface area contributed by atoms with Crippen LogP contribution in [0.15, 0.2) is 12.1 Å². The molecule has 0 saturated carbocycles. The lowest BCUT2D eigenvalue weighted by molar-refractivity contribution is -0.00287. The first-order valence-electron chi connectivity index (χ1n) is 5.21. The molecule has 3 rings (SSSR count). The van der Waals surface area contributed by atoms with Crippen LogP contribution in [0.5, 0.6) is 11.5 Å². The van der Waals surface area contributed by atoms with Crippen LogP contribution >= 0.6 is 11.6 Å². The number of ether oxygens (including phenoxy) is 2. The Balaban J connectivity index is 1.78. The number of fused-ring (bicyclic) bond motifs is 1. The summed E-state index contributed by atoms with van der Waals surface area (Å²) in [4.78, 5) is 2.15. The van der Waals surface area contributed by atoms with Crippen LogP contribution in [0.2, 0.25) is 5.02 Å². The van der Waals surface area contributed by atoms with Gasteiger partial charge < -0.3 is 14.6 Å². The fourth-order valence-corrected chi connectivity index (χ4v) is 2.33. The van der Waals surface area contributed by atoms with Crippen molar-refractivity contribution in [2.45, 2.75) is 12.6 Å². The fraction of sp³-hybridized carbons (Fsp3) is 0.455. The van der Waals surface area contributed by atoms with E-state index in [0.29, 0.717) is 16.5 Å². The van der Waals surface area contributed by atoms with E-state index in [2.05, 4.69) is 4.90 Å². The molecule has 0 amide bonds. The highest BCUT2D eigenvalue weighted by Crippen LogP contribution is 2.40. The molecule has 0 unspecified atom stereocenters. The van der Waals surface area contributed by atoms with Crippen molar-refractivity contribution in [2.75, 3.05) is 19.9 Å². The molecule has 0 spiro atoms. The van der Waals surface area contributed by atoms with Crippen LogP contribution in [0.3, 0.4) is 0 Å². The minimum Gasteiger partial charge on any atom is -0.454 e. The lowest BCUT2D eigenvalue weighted by Gasteiger charge is -2.35. The van der Waals surface area contributed by atoms with Crippen LogP contribution in [-0.4, -0.2) is 36.0 Å². The summed E-state index contributed by atoms with van der Waals surface area (Å²) in [5.74, 6) is 1.35. The number of rotatable bonds is 2. The number of hydrogen-bond donors (Lipinski definition) is 1. The van der Waals surface area contributed by atoms with Crippen LogP contribution in [0.25, 0.3) is 0 Å². The zero-order valence-corrected chi connectivity index (χ0v) is 9.41. The summed E-state index contributed by atoms with van der Waals surface area (Å²) >= 11 is 6.08. The maximum Gasteiger partial charge on any atom is 0.231 e. The summed E-state index contributed by atoms with van der Waals surface area (Å²) in [6, 6.07) is 3.83. The van der Waals surface area contributed by atoms with Gasteiger partial charge >= 0.3 is 0 Å². The average Bonchev–Trinajstić information content (AvgIpc) is 2.63. The predicted molar refractivity (Wildman–Crippen MR) is 58.9 cm³/mol. The Hall–Kier alpha value is -0.970. The molecule has 0 aliphatic carbocycles. The van der Waals surface area contributed by atoms with E-state index in [4.69, 9.17) is 21.1 Å². The van der Waals surface area contributed by atoms with Gasteiger partial charge in [-0.05, 0) is 17.7 Å². The van der Waals surface area contributed by atoms with Gasteiger partial charge in [-0.2, -0.15) is 0 Å². The Morgan fingerprint density at radius 1 is 1.38 bits per heavy atom. The summed E-state index contributed by atoms with van der Waals surface area (Å²) in [5.41, 5.74) is 1.08. The lowest BCUT2D eigenvalue weighted by atomic mass is 10.1. The fourth-order valence-electron chi connectivity index (χ4n) is 2.04. The summed E-state index contributed by atoms with van der Waals surface area (Å²) < 4.78 is 10.5. The first-order chi connectivity index (χ1) is 7.72. The smallest absolute Gasteiger partial charge is 0.231 e. The van der Waals surface area contributed by atoms with Gasteiger partial charge in [-0.1, -0.05) is 11.6 Å². The van der Waals surface area contributed by atoms with Gasteiger partial charge in [0.05, 0.1) is 11.1 Å². The van der Waals surface area contributed by atoms with Gasteiger partial charge in [-0.15, -0.1) is 0 Å². The van der Waals surface area contributed by atoms with Gasteiger partial charge in [0.15, 0.2) is 11.5 Å². The van der Waals surface area contributed by atoms with Crippen LogP contribution in [-0.2, 0) is 6.54 Å². The van der Waals surface area contributed by atoms with Gasteiger partial charge in [0.2, 0.25) is 6.79 Å². The van der Waals surface area contributed by atoms with Gasteiger partial charge in [-0.25, -0.2) is 0 Å². The number of aliphatic hydroxyl groups is 1. The molecule has 2 aliphatic rings. The lowest BCUT2D eigenvalue weighted by Crippen LogP contribution is -2.49. The quantitative estimate of drug-likeness (QED) is 0.846. The molecule has 0 aromatic heterocycles. The van der Waals surface area contributed by atoms with Crippen molar-refractivity contribution in [1.82, 2.24) is 4.90 Å². The zero-order chi connectivity index (χ0) is 11.1. The van der Waals surface area contributed by atoms with E-state index in [-0.39, 0.29) is 12.9 Å². The molecule has 1 aromatic carbocycles. The van der Waals surface area contributed by atoms with E-state index in [1.54, 1.807) is 0 Å². The van der Waals surface area contributed by atoms with Crippen molar-refractivity contribution >= 4 is 11.6 Å². The van der Waals surface area contributed by atoms with E-state index in [9.17, 15) is 5.11 Å². The highest BCUT2D eigenvalue weighted by atomic mass is 35.5. The highest BCUT2D eigenvalue weighted by Gasteiger charge is 2.25. The van der Waals surface area contributed by atoms with Gasteiger partial charge in [-0.3, -0.25) is 4.90 Å². The SMILES string of the molecule is OC1CN(Cc2cc(Cl)c3c(c2)OCO3)C1. The zero-order valence-electron chi connectivity index (χ0n) is 8.65. The Kier molecular flexibility index (Phi) is 2.42. The molecular formula is C11H12ClNO3. The first-order valence-corrected chi connectivity index (χ1v) is 5.58. The van der Waals surface area contributed by atoms with Gasteiger partial charge in [0.25, 0.3) is 0 Å². The largest absolute Gasteiger partial charge is 0.454 e. The number of nitrogens with zero attached hydrogens (tertiary/aromatic N) is 1. The Morgan fingerprint density at radius 2 is 2.19 bits per heavy atom. The molecule has 1 aromatic rings. The van der Waals surface area contributed by atoms with E-state index >= 15 is 0 Å². The molecule has 2 heterocycles. The average molecular weight is 242 g/mol. The Morgan fingerprint density at radius 3 is 2.94 bits per heavy atom.